The normalized spacial score (nSPS) is 13.8. The zero-order valence-electron chi connectivity index (χ0n) is 11.5. The zero-order valence-corrected chi connectivity index (χ0v) is 14.5. The van der Waals surface area contributed by atoms with E-state index in [2.05, 4.69) is 5.32 Å². The summed E-state index contributed by atoms with van der Waals surface area (Å²) in [6.07, 6.45) is 0. The van der Waals surface area contributed by atoms with Crippen molar-refractivity contribution in [3.63, 3.8) is 0 Å². The molecule has 1 rings (SSSR count). The molecule has 4 nitrogen and oxygen atoms in total. The molecule has 1 atom stereocenters. The van der Waals surface area contributed by atoms with Gasteiger partial charge in [0.25, 0.3) is 0 Å². The van der Waals surface area contributed by atoms with Crippen LogP contribution in [0.25, 0.3) is 0 Å². The molecular weight excluding hydrogens is 343 g/mol. The number of nitrogens with zero attached hydrogens (tertiary/aromatic N) is 1. The molecule has 1 unspecified atom stereocenters. The lowest BCUT2D eigenvalue weighted by molar-refractivity contribution is 0.512. The van der Waals surface area contributed by atoms with Gasteiger partial charge in [0.2, 0.25) is 10.0 Å². The van der Waals surface area contributed by atoms with E-state index in [1.54, 1.807) is 12.1 Å². The first kappa shape index (κ1) is 18.0. The lowest BCUT2D eigenvalue weighted by Gasteiger charge is -2.18. The van der Waals surface area contributed by atoms with E-state index in [1.165, 1.54) is 18.4 Å². The lowest BCUT2D eigenvalue weighted by Crippen LogP contribution is -2.32. The van der Waals surface area contributed by atoms with E-state index < -0.39 is 10.0 Å². The van der Waals surface area contributed by atoms with Gasteiger partial charge >= 0.3 is 0 Å². The minimum Gasteiger partial charge on any atom is -0.309 e. The second-order valence-electron chi connectivity index (χ2n) is 4.54. The SMILES string of the molecule is CC(NCCS(=O)(=O)N(C)C)c1ccc(Cl)c(Cl)c1Cl. The molecule has 0 saturated heterocycles. The Kier molecular flexibility index (Phi) is 6.57. The first-order valence-electron chi connectivity index (χ1n) is 5.93. The third kappa shape index (κ3) is 4.48. The highest BCUT2D eigenvalue weighted by Gasteiger charge is 2.16. The molecule has 0 bridgehead atoms. The van der Waals surface area contributed by atoms with Crippen molar-refractivity contribution in [3.05, 3.63) is 32.8 Å². The summed E-state index contributed by atoms with van der Waals surface area (Å²) in [5.74, 6) is 0.0171. The van der Waals surface area contributed by atoms with Crippen molar-refractivity contribution in [2.24, 2.45) is 0 Å². The highest BCUT2D eigenvalue weighted by molar-refractivity contribution is 7.89. The minimum atomic E-state index is -3.21. The van der Waals surface area contributed by atoms with Crippen LogP contribution in [0.5, 0.6) is 0 Å². The molecule has 0 radical (unpaired) electrons. The monoisotopic (exact) mass is 358 g/mol. The van der Waals surface area contributed by atoms with Crippen LogP contribution in [0.15, 0.2) is 12.1 Å². The van der Waals surface area contributed by atoms with Crippen molar-refractivity contribution in [3.8, 4) is 0 Å². The number of sulfonamides is 1. The predicted octanol–water partition coefficient (Wildman–Crippen LogP) is 3.19. The van der Waals surface area contributed by atoms with Crippen molar-refractivity contribution >= 4 is 44.8 Å². The van der Waals surface area contributed by atoms with E-state index in [4.69, 9.17) is 34.8 Å². The molecule has 1 aromatic carbocycles. The Bertz CT molecular complexity index is 576. The van der Waals surface area contributed by atoms with Gasteiger partial charge in [0.1, 0.15) is 0 Å². The van der Waals surface area contributed by atoms with Gasteiger partial charge in [-0.3, -0.25) is 0 Å². The van der Waals surface area contributed by atoms with E-state index >= 15 is 0 Å². The van der Waals surface area contributed by atoms with Crippen molar-refractivity contribution < 1.29 is 8.42 Å². The maximum absolute atomic E-state index is 11.6. The molecule has 0 heterocycles. The van der Waals surface area contributed by atoms with Crippen LogP contribution in [0.4, 0.5) is 0 Å². The fourth-order valence-electron chi connectivity index (χ4n) is 1.57. The maximum atomic E-state index is 11.6. The van der Waals surface area contributed by atoms with Crippen LogP contribution in [-0.4, -0.2) is 39.1 Å². The topological polar surface area (TPSA) is 49.4 Å². The van der Waals surface area contributed by atoms with Crippen LogP contribution in [0, 0.1) is 0 Å². The van der Waals surface area contributed by atoms with Gasteiger partial charge in [-0.1, -0.05) is 40.9 Å². The van der Waals surface area contributed by atoms with Crippen molar-refractivity contribution in [2.45, 2.75) is 13.0 Å². The van der Waals surface area contributed by atoms with E-state index in [0.717, 1.165) is 5.56 Å². The van der Waals surface area contributed by atoms with Gasteiger partial charge in [-0.2, -0.15) is 0 Å². The minimum absolute atomic E-state index is 0.0171. The Labute approximate surface area is 135 Å². The average molecular weight is 360 g/mol. The Balaban J connectivity index is 2.69. The number of hydrogen-bond donors (Lipinski definition) is 1. The van der Waals surface area contributed by atoms with Crippen molar-refractivity contribution in [1.29, 1.82) is 0 Å². The van der Waals surface area contributed by atoms with Crippen LogP contribution in [0.2, 0.25) is 15.1 Å². The fourth-order valence-corrected chi connectivity index (χ4v) is 3.02. The second-order valence-corrected chi connectivity index (χ2v) is 8.00. The largest absolute Gasteiger partial charge is 0.309 e. The number of nitrogens with one attached hydrogen (secondary N) is 1. The van der Waals surface area contributed by atoms with E-state index in [0.29, 0.717) is 21.6 Å². The number of halogens is 3. The van der Waals surface area contributed by atoms with E-state index in [9.17, 15) is 8.42 Å². The quantitative estimate of drug-likeness (QED) is 0.794. The number of benzene rings is 1. The van der Waals surface area contributed by atoms with Crippen molar-refractivity contribution in [1.82, 2.24) is 9.62 Å². The molecule has 0 aliphatic rings. The third-order valence-electron chi connectivity index (χ3n) is 2.90. The van der Waals surface area contributed by atoms with Gasteiger partial charge < -0.3 is 5.32 Å². The Morgan fingerprint density at radius 3 is 2.35 bits per heavy atom. The molecule has 0 aromatic heterocycles. The van der Waals surface area contributed by atoms with Crippen LogP contribution < -0.4 is 5.32 Å². The van der Waals surface area contributed by atoms with Gasteiger partial charge in [0.05, 0.1) is 20.8 Å². The second kappa shape index (κ2) is 7.29. The molecular formula is C12H17Cl3N2O2S. The maximum Gasteiger partial charge on any atom is 0.214 e. The average Bonchev–Trinajstić information content (AvgIpc) is 2.35. The standard InChI is InChI=1S/C12H17Cl3N2O2S/c1-8(16-6-7-20(18,19)17(2)3)9-4-5-10(13)12(15)11(9)14/h4-5,8,16H,6-7H2,1-3H3. The molecule has 1 aromatic rings. The van der Waals surface area contributed by atoms with Crippen LogP contribution in [0.1, 0.15) is 18.5 Å². The highest BCUT2D eigenvalue weighted by Crippen LogP contribution is 2.35. The van der Waals surface area contributed by atoms with Gasteiger partial charge in [-0.15, -0.1) is 0 Å². The van der Waals surface area contributed by atoms with E-state index in [-0.39, 0.29) is 11.8 Å². The molecule has 114 valence electrons. The summed E-state index contributed by atoms with van der Waals surface area (Å²) in [6.45, 7) is 2.20. The third-order valence-corrected chi connectivity index (χ3v) is 6.04. The van der Waals surface area contributed by atoms with Crippen LogP contribution >= 0.6 is 34.8 Å². The van der Waals surface area contributed by atoms with Gasteiger partial charge in [0, 0.05) is 26.7 Å². The van der Waals surface area contributed by atoms with Gasteiger partial charge in [-0.05, 0) is 18.6 Å². The lowest BCUT2D eigenvalue weighted by atomic mass is 10.1. The number of rotatable bonds is 6. The molecule has 0 aliphatic heterocycles. The van der Waals surface area contributed by atoms with Gasteiger partial charge in [-0.25, -0.2) is 12.7 Å². The Hall–Kier alpha value is -0.0400. The summed E-state index contributed by atoms with van der Waals surface area (Å²) in [6, 6.07) is 3.31. The van der Waals surface area contributed by atoms with Crippen LogP contribution in [-0.2, 0) is 10.0 Å². The summed E-state index contributed by atoms with van der Waals surface area (Å²) < 4.78 is 24.5. The molecule has 8 heteroatoms. The summed E-state index contributed by atoms with van der Waals surface area (Å²) in [4.78, 5) is 0. The molecule has 1 N–H and O–H groups in total. The predicted molar refractivity (Wildman–Crippen MR) is 85.4 cm³/mol. The summed E-state index contributed by atoms with van der Waals surface area (Å²) in [5.41, 5.74) is 0.781. The van der Waals surface area contributed by atoms with Crippen LogP contribution in [0.3, 0.4) is 0 Å². The Morgan fingerprint density at radius 1 is 1.20 bits per heavy atom. The van der Waals surface area contributed by atoms with Crippen molar-refractivity contribution in [2.75, 3.05) is 26.4 Å². The number of hydrogen-bond acceptors (Lipinski definition) is 3. The summed E-state index contributed by atoms with van der Waals surface area (Å²) in [5, 5.41) is 4.19. The zero-order chi connectivity index (χ0) is 15.5. The molecule has 0 aliphatic carbocycles. The smallest absolute Gasteiger partial charge is 0.214 e. The molecule has 0 spiro atoms. The molecule has 0 amide bonds. The fraction of sp³-hybridized carbons (Fsp3) is 0.500. The summed E-state index contributed by atoms with van der Waals surface area (Å²) in [7, 11) is -0.193. The van der Waals surface area contributed by atoms with E-state index in [1.807, 2.05) is 6.92 Å². The highest BCUT2D eigenvalue weighted by atomic mass is 35.5. The molecule has 20 heavy (non-hydrogen) atoms. The molecule has 0 fully saturated rings. The van der Waals surface area contributed by atoms with Gasteiger partial charge in [0.15, 0.2) is 0 Å². The summed E-state index contributed by atoms with van der Waals surface area (Å²) >= 11 is 18.0. The first-order valence-corrected chi connectivity index (χ1v) is 8.68. The Morgan fingerprint density at radius 2 is 1.80 bits per heavy atom. The molecule has 0 saturated carbocycles. The first-order chi connectivity index (χ1) is 9.16.